The Morgan fingerprint density at radius 1 is 1.39 bits per heavy atom. The second-order valence-electron chi connectivity index (χ2n) is 4.05. The normalized spacial score (nSPS) is 15.4. The predicted octanol–water partition coefficient (Wildman–Crippen LogP) is 1.42. The molecule has 94 valence electrons. The van der Waals surface area contributed by atoms with Gasteiger partial charge in [-0.15, -0.1) is 0 Å². The van der Waals surface area contributed by atoms with Crippen LogP contribution in [0.4, 0.5) is 4.79 Å². The van der Waals surface area contributed by atoms with E-state index in [0.717, 1.165) is 4.90 Å². The van der Waals surface area contributed by atoms with Crippen molar-refractivity contribution in [3.05, 3.63) is 34.9 Å². The Hall–Kier alpha value is -1.88. The summed E-state index contributed by atoms with van der Waals surface area (Å²) in [7, 11) is 1.52. The van der Waals surface area contributed by atoms with Crippen LogP contribution in [0.1, 0.15) is 10.4 Å². The van der Waals surface area contributed by atoms with Gasteiger partial charge in [0.1, 0.15) is 6.54 Å². The molecule has 6 heteroatoms. The maximum absolute atomic E-state index is 11.9. The van der Waals surface area contributed by atoms with E-state index in [1.807, 2.05) is 0 Å². The van der Waals surface area contributed by atoms with E-state index in [0.29, 0.717) is 10.6 Å². The Bertz CT molecular complexity index is 530. The summed E-state index contributed by atoms with van der Waals surface area (Å²) in [5.41, 5.74) is 0.387. The number of rotatable bonds is 3. The van der Waals surface area contributed by atoms with E-state index in [-0.39, 0.29) is 24.8 Å². The summed E-state index contributed by atoms with van der Waals surface area (Å²) in [6.45, 7) is -0.232. The second kappa shape index (κ2) is 4.78. The highest BCUT2D eigenvalue weighted by Gasteiger charge is 2.34. The molecular weight excluding hydrogens is 256 g/mol. The molecule has 0 aliphatic carbocycles. The molecule has 1 aromatic carbocycles. The lowest BCUT2D eigenvalue weighted by Crippen LogP contribution is -2.36. The lowest BCUT2D eigenvalue weighted by atomic mass is 10.1. The van der Waals surface area contributed by atoms with E-state index in [2.05, 4.69) is 0 Å². The number of imide groups is 1. The highest BCUT2D eigenvalue weighted by atomic mass is 35.5. The van der Waals surface area contributed by atoms with Gasteiger partial charge in [0, 0.05) is 17.6 Å². The van der Waals surface area contributed by atoms with Crippen molar-refractivity contribution in [1.29, 1.82) is 0 Å². The average Bonchev–Trinajstić information content (AvgIpc) is 2.56. The molecule has 0 bridgehead atoms. The molecule has 0 aromatic heterocycles. The van der Waals surface area contributed by atoms with Crippen LogP contribution < -0.4 is 0 Å². The minimum atomic E-state index is -0.449. The fourth-order valence-electron chi connectivity index (χ4n) is 1.72. The number of urea groups is 1. The number of benzene rings is 1. The van der Waals surface area contributed by atoms with Crippen LogP contribution in [0, 0.1) is 0 Å². The van der Waals surface area contributed by atoms with Crippen molar-refractivity contribution in [3.8, 4) is 0 Å². The van der Waals surface area contributed by atoms with E-state index in [1.54, 1.807) is 18.2 Å². The third-order valence-electron chi connectivity index (χ3n) is 2.68. The van der Waals surface area contributed by atoms with Crippen LogP contribution in [-0.4, -0.2) is 47.7 Å². The fraction of sp³-hybridized carbons (Fsp3) is 0.250. The first-order chi connectivity index (χ1) is 8.49. The minimum Gasteiger partial charge on any atom is -0.318 e. The number of nitrogens with zero attached hydrogens (tertiary/aromatic N) is 2. The van der Waals surface area contributed by atoms with E-state index >= 15 is 0 Å². The van der Waals surface area contributed by atoms with Gasteiger partial charge >= 0.3 is 6.03 Å². The first-order valence-corrected chi connectivity index (χ1v) is 5.71. The molecular formula is C12H11ClN2O3. The summed E-state index contributed by atoms with van der Waals surface area (Å²) in [5, 5.41) is 0.442. The third-order valence-corrected chi connectivity index (χ3v) is 2.91. The largest absolute Gasteiger partial charge is 0.327 e. The monoisotopic (exact) mass is 266 g/mol. The van der Waals surface area contributed by atoms with Crippen molar-refractivity contribution in [2.24, 2.45) is 0 Å². The Morgan fingerprint density at radius 3 is 2.67 bits per heavy atom. The van der Waals surface area contributed by atoms with Gasteiger partial charge in [-0.25, -0.2) is 4.79 Å². The summed E-state index contributed by atoms with van der Waals surface area (Å²) < 4.78 is 0. The number of carbonyl (C=O) groups is 3. The van der Waals surface area contributed by atoms with Crippen molar-refractivity contribution in [1.82, 2.24) is 9.80 Å². The maximum Gasteiger partial charge on any atom is 0.327 e. The number of likely N-dealkylation sites (N-methyl/N-ethyl adjacent to an activating group) is 1. The van der Waals surface area contributed by atoms with Crippen molar-refractivity contribution in [3.63, 3.8) is 0 Å². The highest BCUT2D eigenvalue weighted by molar-refractivity contribution is 6.31. The van der Waals surface area contributed by atoms with Crippen LogP contribution in [0.3, 0.4) is 0 Å². The molecule has 0 atom stereocenters. The van der Waals surface area contributed by atoms with Gasteiger partial charge in [0.2, 0.25) is 0 Å². The lowest BCUT2D eigenvalue weighted by molar-refractivity contribution is -0.125. The Kier molecular flexibility index (Phi) is 3.34. The molecule has 0 N–H and O–H groups in total. The molecule has 1 heterocycles. The van der Waals surface area contributed by atoms with Crippen molar-refractivity contribution in [2.45, 2.75) is 0 Å². The van der Waals surface area contributed by atoms with Gasteiger partial charge in [-0.1, -0.05) is 23.7 Å². The lowest BCUT2D eigenvalue weighted by Gasteiger charge is -2.13. The summed E-state index contributed by atoms with van der Waals surface area (Å²) in [6.07, 6.45) is 0. The number of hydrogen-bond acceptors (Lipinski definition) is 3. The van der Waals surface area contributed by atoms with Gasteiger partial charge in [0.25, 0.3) is 5.91 Å². The molecule has 1 fully saturated rings. The summed E-state index contributed by atoms with van der Waals surface area (Å²) in [4.78, 5) is 37.3. The molecule has 0 radical (unpaired) electrons. The zero-order chi connectivity index (χ0) is 13.3. The second-order valence-corrected chi connectivity index (χ2v) is 4.49. The molecule has 2 rings (SSSR count). The Labute approximate surface area is 109 Å². The molecule has 5 nitrogen and oxygen atoms in total. The third kappa shape index (κ3) is 2.36. The van der Waals surface area contributed by atoms with Crippen LogP contribution in [0.25, 0.3) is 0 Å². The molecule has 0 spiro atoms. The quantitative estimate of drug-likeness (QED) is 0.614. The van der Waals surface area contributed by atoms with Gasteiger partial charge in [-0.2, -0.15) is 0 Å². The number of amides is 3. The summed E-state index contributed by atoms with van der Waals surface area (Å²) in [6, 6.07) is 5.96. The number of ketones is 1. The van der Waals surface area contributed by atoms with Gasteiger partial charge in [-0.3, -0.25) is 14.5 Å². The van der Waals surface area contributed by atoms with Crippen LogP contribution in [0.15, 0.2) is 24.3 Å². The van der Waals surface area contributed by atoms with Gasteiger partial charge < -0.3 is 4.90 Å². The van der Waals surface area contributed by atoms with E-state index in [1.165, 1.54) is 18.0 Å². The molecule has 0 saturated carbocycles. The summed E-state index contributed by atoms with van der Waals surface area (Å²) in [5.74, 6) is -0.674. The predicted molar refractivity (Wildman–Crippen MR) is 65.5 cm³/mol. The van der Waals surface area contributed by atoms with Crippen LogP contribution in [-0.2, 0) is 4.79 Å². The van der Waals surface area contributed by atoms with Gasteiger partial charge in [0.15, 0.2) is 5.78 Å². The number of carbonyl (C=O) groups excluding carboxylic acids is 3. The standard InChI is InChI=1S/C12H11ClN2O3/c1-14-7-11(17)15(12(14)18)6-10(16)8-3-2-4-9(13)5-8/h2-5H,6-7H2,1H3. The molecule has 0 unspecified atom stereocenters. The molecule has 18 heavy (non-hydrogen) atoms. The Morgan fingerprint density at radius 2 is 2.11 bits per heavy atom. The molecule has 1 aromatic rings. The van der Waals surface area contributed by atoms with Crippen LogP contribution in [0.5, 0.6) is 0 Å². The number of Topliss-reactive ketones (excluding diaryl/α,β-unsaturated/α-hetero) is 1. The van der Waals surface area contributed by atoms with Gasteiger partial charge in [-0.05, 0) is 12.1 Å². The van der Waals surface area contributed by atoms with E-state index in [9.17, 15) is 14.4 Å². The van der Waals surface area contributed by atoms with Crippen molar-refractivity contribution >= 4 is 29.3 Å². The highest BCUT2D eigenvalue weighted by Crippen LogP contribution is 2.13. The number of hydrogen-bond donors (Lipinski definition) is 0. The van der Waals surface area contributed by atoms with Crippen molar-refractivity contribution in [2.75, 3.05) is 20.1 Å². The fourth-order valence-corrected chi connectivity index (χ4v) is 1.91. The smallest absolute Gasteiger partial charge is 0.318 e. The van der Waals surface area contributed by atoms with Crippen LogP contribution >= 0.6 is 11.6 Å². The topological polar surface area (TPSA) is 57.7 Å². The Balaban J connectivity index is 2.13. The van der Waals surface area contributed by atoms with Crippen molar-refractivity contribution < 1.29 is 14.4 Å². The molecule has 3 amide bonds. The number of halogens is 1. The first kappa shape index (κ1) is 12.6. The zero-order valence-corrected chi connectivity index (χ0v) is 10.5. The van der Waals surface area contributed by atoms with E-state index < -0.39 is 6.03 Å². The SMILES string of the molecule is CN1CC(=O)N(CC(=O)c2cccc(Cl)c2)C1=O. The maximum atomic E-state index is 11.9. The molecule has 1 saturated heterocycles. The first-order valence-electron chi connectivity index (χ1n) is 5.33. The van der Waals surface area contributed by atoms with Crippen LogP contribution in [0.2, 0.25) is 5.02 Å². The minimum absolute atomic E-state index is 0.0155. The molecule has 1 aliphatic rings. The van der Waals surface area contributed by atoms with Gasteiger partial charge in [0.05, 0.1) is 6.54 Å². The van der Waals surface area contributed by atoms with E-state index in [4.69, 9.17) is 11.6 Å². The molecule has 1 aliphatic heterocycles. The zero-order valence-electron chi connectivity index (χ0n) is 9.72. The average molecular weight is 267 g/mol. The summed E-state index contributed by atoms with van der Waals surface area (Å²) >= 11 is 5.78.